The minimum atomic E-state index is -4.68. The highest BCUT2D eigenvalue weighted by Crippen LogP contribution is 2.39. The van der Waals surface area contributed by atoms with Gasteiger partial charge in [0.25, 0.3) is 5.91 Å². The van der Waals surface area contributed by atoms with E-state index in [0.717, 1.165) is 6.07 Å². The van der Waals surface area contributed by atoms with Gasteiger partial charge in [-0.15, -0.1) is 0 Å². The van der Waals surface area contributed by atoms with Crippen LogP contribution in [0.15, 0.2) is 52.1 Å². The van der Waals surface area contributed by atoms with E-state index in [2.05, 4.69) is 31.2 Å². The minimum Gasteiger partial charge on any atom is -0.320 e. The van der Waals surface area contributed by atoms with Gasteiger partial charge in [0.05, 0.1) is 16.8 Å². The summed E-state index contributed by atoms with van der Waals surface area (Å²) in [6, 6.07) is 9.27. The lowest BCUT2D eigenvalue weighted by molar-refractivity contribution is -0.138. The average molecular weight is 441 g/mol. The van der Waals surface area contributed by atoms with Gasteiger partial charge >= 0.3 is 12.1 Å². The molecule has 0 saturated carbocycles. The van der Waals surface area contributed by atoms with E-state index in [1.54, 1.807) is 18.2 Å². The highest BCUT2D eigenvalue weighted by Gasteiger charge is 2.38. The molecule has 1 aliphatic heterocycles. The molecule has 27 heavy (non-hydrogen) atoms. The van der Waals surface area contributed by atoms with Gasteiger partial charge in [-0.05, 0) is 24.3 Å². The Hall–Kier alpha value is -3.01. The van der Waals surface area contributed by atoms with Crippen LogP contribution in [0.5, 0.6) is 0 Å². The van der Waals surface area contributed by atoms with Crippen LogP contribution in [0.2, 0.25) is 0 Å². The molecule has 1 aliphatic rings. The summed E-state index contributed by atoms with van der Waals surface area (Å²) in [5.74, 6) is -2.95. The molecule has 0 fully saturated rings. The summed E-state index contributed by atoms with van der Waals surface area (Å²) >= 11 is 2.76. The maximum absolute atomic E-state index is 13.0. The van der Waals surface area contributed by atoms with E-state index in [1.165, 1.54) is 12.1 Å². The van der Waals surface area contributed by atoms with Gasteiger partial charge in [0.1, 0.15) is 0 Å². The molecular formula is C17H8BrF3N2O4. The second-order valence-corrected chi connectivity index (χ2v) is 6.20. The third kappa shape index (κ3) is 3.75. The van der Waals surface area contributed by atoms with Crippen LogP contribution in [-0.2, 0) is 15.8 Å². The number of nitrogens with zero attached hydrogens (tertiary/aromatic N) is 1. The van der Waals surface area contributed by atoms with Crippen LogP contribution >= 0.6 is 15.9 Å². The van der Waals surface area contributed by atoms with E-state index in [4.69, 9.17) is 0 Å². The van der Waals surface area contributed by atoms with Gasteiger partial charge in [-0.3, -0.25) is 9.59 Å². The summed E-state index contributed by atoms with van der Waals surface area (Å²) in [6.07, 6.45) is -4.68. The molecule has 0 aromatic heterocycles. The number of Topliss-reactive ketones (excluding diaryl/α,β-unsaturated/α-hetero) is 1. The Bertz CT molecular complexity index is 988. The first-order valence-electron chi connectivity index (χ1n) is 7.29. The van der Waals surface area contributed by atoms with Crippen molar-refractivity contribution >= 4 is 45.0 Å². The van der Waals surface area contributed by atoms with Crippen LogP contribution < -0.4 is 5.32 Å². The van der Waals surface area contributed by atoms with Crippen molar-refractivity contribution in [3.05, 3.63) is 63.6 Å². The fourth-order valence-corrected chi connectivity index (χ4v) is 2.86. The molecule has 0 unspecified atom stereocenters. The van der Waals surface area contributed by atoms with E-state index in [0.29, 0.717) is 6.07 Å². The van der Waals surface area contributed by atoms with Gasteiger partial charge in [0, 0.05) is 10.0 Å². The lowest BCUT2D eigenvalue weighted by atomic mass is 9.98. The summed E-state index contributed by atoms with van der Waals surface area (Å²) in [4.78, 5) is 40.9. The molecule has 0 bridgehead atoms. The number of amides is 1. The van der Waals surface area contributed by atoms with E-state index in [-0.39, 0.29) is 21.3 Å². The highest BCUT2D eigenvalue weighted by atomic mass is 79.9. The second-order valence-electron chi connectivity index (χ2n) is 5.34. The molecule has 10 heteroatoms. The topological polar surface area (TPSA) is 84.8 Å². The summed E-state index contributed by atoms with van der Waals surface area (Å²) < 4.78 is 38.5. The Morgan fingerprint density at radius 2 is 1.78 bits per heavy atom. The SMILES string of the molecule is O=C1Nc2cc(C(F)(F)F)c(Br)cc2C(=O)C1=NOC(=O)c1ccccc1. The molecule has 1 heterocycles. The maximum Gasteiger partial charge on any atom is 0.417 e. The minimum absolute atomic E-state index is 0.142. The van der Waals surface area contributed by atoms with Crippen molar-refractivity contribution in [2.24, 2.45) is 5.16 Å². The van der Waals surface area contributed by atoms with Gasteiger partial charge in [0.15, 0.2) is 0 Å². The van der Waals surface area contributed by atoms with Crippen LogP contribution in [0.1, 0.15) is 26.3 Å². The van der Waals surface area contributed by atoms with E-state index >= 15 is 0 Å². The predicted molar refractivity (Wildman–Crippen MR) is 91.4 cm³/mol. The number of halogens is 4. The number of alkyl halides is 3. The fraction of sp³-hybridized carbons (Fsp3) is 0.0588. The number of hydrogen-bond donors (Lipinski definition) is 1. The number of hydrogen-bond acceptors (Lipinski definition) is 5. The van der Waals surface area contributed by atoms with Crippen LogP contribution in [0, 0.1) is 0 Å². The van der Waals surface area contributed by atoms with Gasteiger partial charge in [-0.1, -0.05) is 39.3 Å². The molecule has 2 aromatic carbocycles. The molecule has 138 valence electrons. The number of oxime groups is 1. The first kappa shape index (κ1) is 18.8. The molecule has 3 rings (SSSR count). The molecule has 6 nitrogen and oxygen atoms in total. The summed E-state index contributed by atoms with van der Waals surface area (Å²) in [5.41, 5.74) is -2.19. The Labute approximate surface area is 158 Å². The first-order valence-corrected chi connectivity index (χ1v) is 8.09. The average Bonchev–Trinajstić information content (AvgIpc) is 2.61. The fourth-order valence-electron chi connectivity index (χ4n) is 2.29. The first-order chi connectivity index (χ1) is 12.7. The van der Waals surface area contributed by atoms with Crippen molar-refractivity contribution in [3.63, 3.8) is 0 Å². The highest BCUT2D eigenvalue weighted by molar-refractivity contribution is 9.10. The molecule has 0 atom stereocenters. The smallest absolute Gasteiger partial charge is 0.320 e. The van der Waals surface area contributed by atoms with Crippen LogP contribution in [0.3, 0.4) is 0 Å². The quantitative estimate of drug-likeness (QED) is 0.568. The normalized spacial score (nSPS) is 15.3. The third-order valence-corrected chi connectivity index (χ3v) is 4.22. The van der Waals surface area contributed by atoms with Gasteiger partial charge in [-0.2, -0.15) is 13.2 Å². The molecular weight excluding hydrogens is 433 g/mol. The van der Waals surface area contributed by atoms with Crippen LogP contribution in [0.4, 0.5) is 18.9 Å². The van der Waals surface area contributed by atoms with Gasteiger partial charge in [0.2, 0.25) is 11.5 Å². The van der Waals surface area contributed by atoms with Crippen LogP contribution in [0.25, 0.3) is 0 Å². The number of ketones is 1. The Morgan fingerprint density at radius 1 is 1.11 bits per heavy atom. The van der Waals surface area contributed by atoms with E-state index in [9.17, 15) is 27.6 Å². The molecule has 2 aromatic rings. The molecule has 0 saturated heterocycles. The maximum atomic E-state index is 13.0. The zero-order chi connectivity index (χ0) is 19.8. The zero-order valence-electron chi connectivity index (χ0n) is 13.1. The Kier molecular flexibility index (Phi) is 4.83. The molecule has 0 aliphatic carbocycles. The molecule has 1 N–H and O–H groups in total. The second kappa shape index (κ2) is 6.95. The summed E-state index contributed by atoms with van der Waals surface area (Å²) in [5, 5.41) is 5.43. The number of fused-ring (bicyclic) bond motifs is 1. The number of benzene rings is 2. The Morgan fingerprint density at radius 3 is 2.41 bits per heavy atom. The van der Waals surface area contributed by atoms with Gasteiger partial charge < -0.3 is 10.2 Å². The summed E-state index contributed by atoms with van der Waals surface area (Å²) in [6.45, 7) is 0. The largest absolute Gasteiger partial charge is 0.417 e. The number of carbonyl (C=O) groups excluding carboxylic acids is 3. The van der Waals surface area contributed by atoms with Crippen molar-refractivity contribution in [2.75, 3.05) is 5.32 Å². The lowest BCUT2D eigenvalue weighted by Crippen LogP contribution is -2.36. The Balaban J connectivity index is 1.91. The van der Waals surface area contributed by atoms with Crippen molar-refractivity contribution in [2.45, 2.75) is 6.18 Å². The molecule has 0 radical (unpaired) electrons. The molecule has 1 amide bonds. The van der Waals surface area contributed by atoms with E-state index in [1.807, 2.05) is 0 Å². The van der Waals surface area contributed by atoms with Crippen LogP contribution in [-0.4, -0.2) is 23.4 Å². The molecule has 0 spiro atoms. The summed E-state index contributed by atoms with van der Waals surface area (Å²) in [7, 11) is 0. The number of carbonyl (C=O) groups is 3. The number of rotatable bonds is 2. The monoisotopic (exact) mass is 440 g/mol. The van der Waals surface area contributed by atoms with Gasteiger partial charge in [-0.25, -0.2) is 4.79 Å². The number of nitrogens with one attached hydrogen (secondary N) is 1. The standard InChI is InChI=1S/C17H8BrF3N2O4/c18-11-6-9-12(7-10(11)17(19,20)21)22-15(25)13(14(9)24)23-27-16(26)8-4-2-1-3-5-8/h1-7H,(H,22,25). The van der Waals surface area contributed by atoms with Crippen molar-refractivity contribution < 1.29 is 32.4 Å². The van der Waals surface area contributed by atoms with E-state index < -0.39 is 35.1 Å². The number of anilines is 1. The zero-order valence-corrected chi connectivity index (χ0v) is 14.7. The lowest BCUT2D eigenvalue weighted by Gasteiger charge is -2.19. The van der Waals surface area contributed by atoms with Crippen molar-refractivity contribution in [3.8, 4) is 0 Å². The van der Waals surface area contributed by atoms with Crippen molar-refractivity contribution in [1.29, 1.82) is 0 Å². The van der Waals surface area contributed by atoms with Crippen molar-refractivity contribution in [1.82, 2.24) is 0 Å². The predicted octanol–water partition coefficient (Wildman–Crippen LogP) is 3.82. The third-order valence-electron chi connectivity index (χ3n) is 3.56.